The smallest absolute Gasteiger partial charge is 0.328 e. The molecule has 0 spiro atoms. The number of thiophene rings is 1. The number of hydrogen-bond donors (Lipinski definition) is 1. The molecule has 1 rings (SSSR count). The van der Waals surface area contributed by atoms with Gasteiger partial charge in [-0.3, -0.25) is 9.59 Å². The van der Waals surface area contributed by atoms with Gasteiger partial charge < -0.3 is 14.8 Å². The van der Waals surface area contributed by atoms with Crippen LogP contribution in [0, 0.1) is 0 Å². The Morgan fingerprint density at radius 2 is 1.91 bits per heavy atom. The second-order valence-corrected chi connectivity index (χ2v) is 5.85. The van der Waals surface area contributed by atoms with E-state index in [0.717, 1.165) is 0 Å². The van der Waals surface area contributed by atoms with Crippen LogP contribution in [0.4, 0.5) is 0 Å². The average Bonchev–Trinajstić information content (AvgIpc) is 2.90. The number of nitrogens with one attached hydrogen (secondary N) is 1. The highest BCUT2D eigenvalue weighted by atomic mass is 79.9. The summed E-state index contributed by atoms with van der Waals surface area (Å²) in [6.07, 6.45) is 0.160. The Morgan fingerprint density at radius 3 is 2.45 bits per heavy atom. The lowest BCUT2D eigenvalue weighted by Crippen LogP contribution is -2.42. The Kier molecular flexibility index (Phi) is 8.11. The van der Waals surface area contributed by atoms with Crippen molar-refractivity contribution in [3.05, 3.63) is 20.8 Å². The van der Waals surface area contributed by atoms with Crippen molar-refractivity contribution >= 4 is 45.1 Å². The third kappa shape index (κ3) is 5.76. The predicted molar refractivity (Wildman–Crippen MR) is 85.8 cm³/mol. The van der Waals surface area contributed by atoms with Gasteiger partial charge in [-0.2, -0.15) is 11.3 Å². The molecule has 1 N–H and O–H groups in total. The molecule has 0 saturated heterocycles. The first kappa shape index (κ1) is 18.6. The second-order valence-electron chi connectivity index (χ2n) is 4.26. The van der Waals surface area contributed by atoms with Gasteiger partial charge in [0.15, 0.2) is 0 Å². The SMILES string of the molecule is CCOC(=O)CCC(NC(=O)c1cscc1Br)C(=O)OCC. The van der Waals surface area contributed by atoms with Crippen molar-refractivity contribution in [2.24, 2.45) is 0 Å². The van der Waals surface area contributed by atoms with Crippen LogP contribution in [0.1, 0.15) is 37.0 Å². The van der Waals surface area contributed by atoms with Gasteiger partial charge in [0.1, 0.15) is 6.04 Å². The molecule has 0 aromatic carbocycles. The molecule has 8 heteroatoms. The maximum atomic E-state index is 12.2. The molecule has 1 atom stereocenters. The maximum absolute atomic E-state index is 12.2. The van der Waals surface area contributed by atoms with Crippen LogP contribution < -0.4 is 5.32 Å². The van der Waals surface area contributed by atoms with Crippen LogP contribution in [0.5, 0.6) is 0 Å². The molecule has 22 heavy (non-hydrogen) atoms. The molecule has 0 aliphatic rings. The fraction of sp³-hybridized carbons (Fsp3) is 0.500. The van der Waals surface area contributed by atoms with E-state index in [4.69, 9.17) is 9.47 Å². The van der Waals surface area contributed by atoms with Crippen molar-refractivity contribution in [2.75, 3.05) is 13.2 Å². The molecule has 0 aliphatic carbocycles. The second kappa shape index (κ2) is 9.58. The lowest BCUT2D eigenvalue weighted by Gasteiger charge is -2.16. The highest BCUT2D eigenvalue weighted by Crippen LogP contribution is 2.21. The molecule has 6 nitrogen and oxygen atoms in total. The van der Waals surface area contributed by atoms with E-state index in [2.05, 4.69) is 21.2 Å². The number of rotatable bonds is 8. The van der Waals surface area contributed by atoms with E-state index in [9.17, 15) is 14.4 Å². The van der Waals surface area contributed by atoms with Gasteiger partial charge in [0.2, 0.25) is 0 Å². The summed E-state index contributed by atoms with van der Waals surface area (Å²) in [5, 5.41) is 6.04. The summed E-state index contributed by atoms with van der Waals surface area (Å²) in [5.74, 6) is -1.37. The first-order chi connectivity index (χ1) is 10.5. The van der Waals surface area contributed by atoms with Crippen LogP contribution in [-0.4, -0.2) is 37.1 Å². The largest absolute Gasteiger partial charge is 0.466 e. The molecule has 1 aromatic rings. The van der Waals surface area contributed by atoms with Crippen LogP contribution in [0.25, 0.3) is 0 Å². The summed E-state index contributed by atoms with van der Waals surface area (Å²) in [4.78, 5) is 35.5. The zero-order valence-corrected chi connectivity index (χ0v) is 14.8. The standard InChI is InChI=1S/C14H18BrNO5S/c1-3-20-12(17)6-5-11(14(19)21-4-2)16-13(18)9-7-22-8-10(9)15/h7-8,11H,3-6H2,1-2H3,(H,16,18). The van der Waals surface area contributed by atoms with E-state index in [-0.39, 0.29) is 26.1 Å². The molecular formula is C14H18BrNO5S. The van der Waals surface area contributed by atoms with Crippen molar-refractivity contribution in [1.82, 2.24) is 5.32 Å². The van der Waals surface area contributed by atoms with E-state index >= 15 is 0 Å². The van der Waals surface area contributed by atoms with Crippen molar-refractivity contribution in [2.45, 2.75) is 32.7 Å². The van der Waals surface area contributed by atoms with Gasteiger partial charge in [-0.15, -0.1) is 0 Å². The number of esters is 2. The van der Waals surface area contributed by atoms with Crippen LogP contribution in [0.15, 0.2) is 15.2 Å². The number of ether oxygens (including phenoxy) is 2. The lowest BCUT2D eigenvalue weighted by molar-refractivity contribution is -0.146. The van der Waals surface area contributed by atoms with Crippen LogP contribution in [0.2, 0.25) is 0 Å². The van der Waals surface area contributed by atoms with E-state index in [0.29, 0.717) is 10.0 Å². The fourth-order valence-corrected chi connectivity index (χ4v) is 3.12. The molecule has 0 radical (unpaired) electrons. The van der Waals surface area contributed by atoms with Gasteiger partial charge in [-0.1, -0.05) is 0 Å². The number of carbonyl (C=O) groups is 3. The van der Waals surface area contributed by atoms with Crippen molar-refractivity contribution in [3.63, 3.8) is 0 Å². The summed E-state index contributed by atoms with van der Waals surface area (Å²) in [6.45, 7) is 3.86. The van der Waals surface area contributed by atoms with Crippen molar-refractivity contribution in [1.29, 1.82) is 0 Å². The van der Waals surface area contributed by atoms with Gasteiger partial charge in [0, 0.05) is 21.7 Å². The minimum absolute atomic E-state index is 0.0302. The number of halogens is 1. The van der Waals surface area contributed by atoms with Gasteiger partial charge in [-0.25, -0.2) is 4.79 Å². The summed E-state index contributed by atoms with van der Waals surface area (Å²) < 4.78 is 10.4. The third-order valence-electron chi connectivity index (χ3n) is 2.68. The quantitative estimate of drug-likeness (QED) is 0.688. The summed E-state index contributed by atoms with van der Waals surface area (Å²) in [5.41, 5.74) is 0.440. The minimum atomic E-state index is -0.886. The topological polar surface area (TPSA) is 81.7 Å². The molecule has 1 unspecified atom stereocenters. The molecule has 1 heterocycles. The molecular weight excluding hydrogens is 374 g/mol. The molecule has 0 fully saturated rings. The molecule has 0 bridgehead atoms. The van der Waals surface area contributed by atoms with E-state index < -0.39 is 23.9 Å². The normalized spacial score (nSPS) is 11.6. The third-order valence-corrected chi connectivity index (χ3v) is 4.38. The van der Waals surface area contributed by atoms with Crippen molar-refractivity contribution in [3.8, 4) is 0 Å². The zero-order chi connectivity index (χ0) is 16.5. The summed E-state index contributed by atoms with van der Waals surface area (Å²) in [6, 6.07) is -0.886. The number of carbonyl (C=O) groups excluding carboxylic acids is 3. The molecule has 122 valence electrons. The number of hydrogen-bond acceptors (Lipinski definition) is 6. The Labute approximate surface area is 141 Å². The maximum Gasteiger partial charge on any atom is 0.328 e. The van der Waals surface area contributed by atoms with Gasteiger partial charge in [0.25, 0.3) is 5.91 Å². The highest BCUT2D eigenvalue weighted by molar-refractivity contribution is 9.10. The van der Waals surface area contributed by atoms with Crippen molar-refractivity contribution < 1.29 is 23.9 Å². The Morgan fingerprint density at radius 1 is 1.23 bits per heavy atom. The van der Waals surface area contributed by atoms with Gasteiger partial charge >= 0.3 is 11.9 Å². The number of amides is 1. The fourth-order valence-electron chi connectivity index (χ4n) is 1.67. The Hall–Kier alpha value is -1.41. The first-order valence-corrected chi connectivity index (χ1v) is 8.57. The summed E-state index contributed by atoms with van der Waals surface area (Å²) >= 11 is 4.63. The monoisotopic (exact) mass is 391 g/mol. The zero-order valence-electron chi connectivity index (χ0n) is 12.4. The highest BCUT2D eigenvalue weighted by Gasteiger charge is 2.24. The minimum Gasteiger partial charge on any atom is -0.466 e. The molecule has 1 aromatic heterocycles. The van der Waals surface area contributed by atoms with E-state index in [1.807, 2.05) is 0 Å². The summed E-state index contributed by atoms with van der Waals surface area (Å²) in [7, 11) is 0. The first-order valence-electron chi connectivity index (χ1n) is 6.84. The molecule has 0 aliphatic heterocycles. The molecule has 0 saturated carbocycles. The van der Waals surface area contributed by atoms with Crippen LogP contribution >= 0.6 is 27.3 Å². The van der Waals surface area contributed by atoms with Crippen LogP contribution in [0.3, 0.4) is 0 Å². The average molecular weight is 392 g/mol. The van der Waals surface area contributed by atoms with Gasteiger partial charge in [0.05, 0.1) is 18.8 Å². The predicted octanol–water partition coefficient (Wildman–Crippen LogP) is 2.52. The van der Waals surface area contributed by atoms with E-state index in [1.54, 1.807) is 24.6 Å². The van der Waals surface area contributed by atoms with E-state index in [1.165, 1.54) is 11.3 Å². The van der Waals surface area contributed by atoms with Crippen LogP contribution in [-0.2, 0) is 19.1 Å². The van der Waals surface area contributed by atoms with Gasteiger partial charge in [-0.05, 0) is 36.2 Å². The lowest BCUT2D eigenvalue weighted by atomic mass is 10.1. The Balaban J connectivity index is 2.69. The Bertz CT molecular complexity index is 531. The molecule has 1 amide bonds.